The van der Waals surface area contributed by atoms with E-state index in [-0.39, 0.29) is 23.3 Å². The summed E-state index contributed by atoms with van der Waals surface area (Å²) in [5.74, 6) is -0.961. The van der Waals surface area contributed by atoms with Crippen molar-refractivity contribution in [2.45, 2.75) is 18.8 Å². The molecule has 2 aromatic rings. The number of carboxylic acid groups (broad SMARTS) is 1. The van der Waals surface area contributed by atoms with Gasteiger partial charge in [0.25, 0.3) is 11.1 Å². The Balaban J connectivity index is 1.67. The molecule has 0 bridgehead atoms. The number of nitrogens with one attached hydrogen (secondary N) is 1. The predicted molar refractivity (Wildman–Crippen MR) is 99.3 cm³/mol. The topological polar surface area (TPSA) is 98.8 Å². The van der Waals surface area contributed by atoms with Gasteiger partial charge in [-0.15, -0.1) is 0 Å². The summed E-state index contributed by atoms with van der Waals surface area (Å²) in [6.07, 6.45) is 0. The highest BCUT2D eigenvalue weighted by atomic mass is 32.2. The quantitative estimate of drug-likeness (QED) is 0.779. The molecule has 2 amide bonds. The molecule has 3 rings (SSSR count). The Labute approximate surface area is 160 Å². The van der Waals surface area contributed by atoms with Crippen molar-refractivity contribution in [3.63, 3.8) is 0 Å². The van der Waals surface area contributed by atoms with Gasteiger partial charge in [0.15, 0.2) is 5.37 Å². The average Bonchev–Trinajstić information content (AvgIpc) is 2.91. The van der Waals surface area contributed by atoms with Crippen molar-refractivity contribution in [1.29, 1.82) is 0 Å². The van der Waals surface area contributed by atoms with E-state index in [1.54, 1.807) is 36.4 Å². The first-order chi connectivity index (χ1) is 13.0. The lowest BCUT2D eigenvalue weighted by Gasteiger charge is -2.16. The van der Waals surface area contributed by atoms with Crippen LogP contribution in [0.1, 0.15) is 22.8 Å². The van der Waals surface area contributed by atoms with Crippen LogP contribution in [-0.4, -0.2) is 34.0 Å². The molecular formula is C19H17N2O5S-. The minimum absolute atomic E-state index is 0.00307. The Morgan fingerprint density at radius 3 is 2.63 bits per heavy atom. The van der Waals surface area contributed by atoms with Gasteiger partial charge in [0, 0.05) is 5.69 Å². The number of amides is 2. The second-order valence-corrected chi connectivity index (χ2v) is 6.83. The molecule has 8 heteroatoms. The van der Waals surface area contributed by atoms with E-state index in [2.05, 4.69) is 5.32 Å². The maximum absolute atomic E-state index is 12.6. The van der Waals surface area contributed by atoms with Gasteiger partial charge in [-0.25, -0.2) is 0 Å². The molecule has 7 nitrogen and oxygen atoms in total. The third kappa shape index (κ3) is 4.40. The van der Waals surface area contributed by atoms with Crippen molar-refractivity contribution >= 4 is 34.6 Å². The second kappa shape index (κ2) is 8.13. The molecule has 1 aliphatic heterocycles. The molecule has 1 N–H and O–H groups in total. The minimum atomic E-state index is -1.31. The van der Waals surface area contributed by atoms with Crippen molar-refractivity contribution in [2.24, 2.45) is 0 Å². The number of anilines is 1. The normalized spacial score (nSPS) is 16.5. The monoisotopic (exact) mass is 385 g/mol. The van der Waals surface area contributed by atoms with Gasteiger partial charge in [0.05, 0.1) is 19.1 Å². The first kappa shape index (κ1) is 18.8. The van der Waals surface area contributed by atoms with Crippen LogP contribution in [0.15, 0.2) is 48.5 Å². The number of ether oxygens (including phenoxy) is 1. The number of thioether (sulfide) groups is 1. The van der Waals surface area contributed by atoms with E-state index < -0.39 is 11.3 Å². The Morgan fingerprint density at radius 1 is 1.22 bits per heavy atom. The fourth-order valence-corrected chi connectivity index (χ4v) is 3.53. The summed E-state index contributed by atoms with van der Waals surface area (Å²) in [7, 11) is 0. The molecule has 2 aromatic carbocycles. The first-order valence-electron chi connectivity index (χ1n) is 8.29. The van der Waals surface area contributed by atoms with Crippen LogP contribution < -0.4 is 15.2 Å². The summed E-state index contributed by atoms with van der Waals surface area (Å²) in [4.78, 5) is 36.9. The number of imide groups is 1. The number of hydrogen-bond donors (Lipinski definition) is 1. The Bertz CT molecular complexity index is 869. The van der Waals surface area contributed by atoms with E-state index in [0.29, 0.717) is 17.9 Å². The fourth-order valence-electron chi connectivity index (χ4n) is 2.62. The summed E-state index contributed by atoms with van der Waals surface area (Å²) in [5, 5.41) is 12.9. The Kier molecular flexibility index (Phi) is 5.66. The standard InChI is InChI=1S/C19H18N2O5S/c1-2-26-15-8-6-14(7-9-15)20-16-17(22)21(19(25)27-16)11-12-4-3-5-13(10-12)18(23)24/h3-10,16,20H,2,11H2,1H3,(H,23,24)/p-1/t16-/m0/s1. The number of aromatic carboxylic acids is 1. The molecule has 27 heavy (non-hydrogen) atoms. The minimum Gasteiger partial charge on any atom is -0.545 e. The maximum atomic E-state index is 12.6. The molecule has 1 saturated heterocycles. The number of benzene rings is 2. The predicted octanol–water partition coefficient (Wildman–Crippen LogP) is 2.08. The van der Waals surface area contributed by atoms with Crippen LogP contribution in [0.25, 0.3) is 0 Å². The zero-order valence-electron chi connectivity index (χ0n) is 14.5. The van der Waals surface area contributed by atoms with Gasteiger partial charge in [-0.1, -0.05) is 18.2 Å². The lowest BCUT2D eigenvalue weighted by atomic mass is 10.1. The molecule has 1 fully saturated rings. The molecule has 0 unspecified atom stereocenters. The largest absolute Gasteiger partial charge is 0.545 e. The highest BCUT2D eigenvalue weighted by molar-refractivity contribution is 8.15. The van der Waals surface area contributed by atoms with Crippen LogP contribution in [0.2, 0.25) is 0 Å². The van der Waals surface area contributed by atoms with E-state index in [1.165, 1.54) is 12.1 Å². The number of carbonyl (C=O) groups excluding carboxylic acids is 3. The third-order valence-corrected chi connectivity index (χ3v) is 4.87. The highest BCUT2D eigenvalue weighted by Gasteiger charge is 2.39. The number of carboxylic acids is 1. The smallest absolute Gasteiger partial charge is 0.291 e. The maximum Gasteiger partial charge on any atom is 0.291 e. The van der Waals surface area contributed by atoms with Crippen molar-refractivity contribution in [2.75, 3.05) is 11.9 Å². The van der Waals surface area contributed by atoms with Gasteiger partial charge < -0.3 is 20.0 Å². The molecule has 1 aliphatic rings. The first-order valence-corrected chi connectivity index (χ1v) is 9.17. The van der Waals surface area contributed by atoms with Gasteiger partial charge in [0.2, 0.25) is 0 Å². The molecule has 0 aliphatic carbocycles. The van der Waals surface area contributed by atoms with Crippen molar-refractivity contribution in [3.05, 3.63) is 59.7 Å². The van der Waals surface area contributed by atoms with E-state index in [0.717, 1.165) is 22.4 Å². The van der Waals surface area contributed by atoms with Crippen LogP contribution in [0.5, 0.6) is 5.75 Å². The Morgan fingerprint density at radius 2 is 1.96 bits per heavy atom. The van der Waals surface area contributed by atoms with Crippen molar-refractivity contribution in [3.8, 4) is 5.75 Å². The van der Waals surface area contributed by atoms with E-state index in [4.69, 9.17) is 4.74 Å². The zero-order chi connectivity index (χ0) is 19.4. The SMILES string of the molecule is CCOc1ccc(N[C@H]2SC(=O)N(Cc3cccc(C(=O)[O-])c3)C2=O)cc1. The third-order valence-electron chi connectivity index (χ3n) is 3.90. The van der Waals surface area contributed by atoms with E-state index in [1.807, 2.05) is 6.92 Å². The number of rotatable bonds is 7. The molecule has 0 spiro atoms. The molecule has 0 saturated carbocycles. The lowest BCUT2D eigenvalue weighted by molar-refractivity contribution is -0.255. The van der Waals surface area contributed by atoms with E-state index in [9.17, 15) is 19.5 Å². The van der Waals surface area contributed by atoms with Crippen LogP contribution in [-0.2, 0) is 11.3 Å². The number of carbonyl (C=O) groups is 3. The van der Waals surface area contributed by atoms with Gasteiger partial charge >= 0.3 is 0 Å². The van der Waals surface area contributed by atoms with E-state index >= 15 is 0 Å². The lowest BCUT2D eigenvalue weighted by Crippen LogP contribution is -2.34. The summed E-state index contributed by atoms with van der Waals surface area (Å²) in [6, 6.07) is 13.1. The molecule has 1 atom stereocenters. The van der Waals surface area contributed by atoms with Gasteiger partial charge in [-0.2, -0.15) is 0 Å². The van der Waals surface area contributed by atoms with Crippen molar-refractivity contribution < 1.29 is 24.2 Å². The number of nitrogens with zero attached hydrogens (tertiary/aromatic N) is 1. The van der Waals surface area contributed by atoms with Gasteiger partial charge in [-0.3, -0.25) is 14.5 Å². The second-order valence-electron chi connectivity index (χ2n) is 5.78. The van der Waals surface area contributed by atoms with Gasteiger partial charge in [-0.05, 0) is 60.1 Å². The van der Waals surface area contributed by atoms with Crippen LogP contribution >= 0.6 is 11.8 Å². The molecule has 1 heterocycles. The van der Waals surface area contributed by atoms with Crippen LogP contribution in [0.4, 0.5) is 10.5 Å². The summed E-state index contributed by atoms with van der Waals surface area (Å²) in [6.45, 7) is 2.46. The van der Waals surface area contributed by atoms with Gasteiger partial charge in [0.1, 0.15) is 5.75 Å². The van der Waals surface area contributed by atoms with Crippen LogP contribution in [0.3, 0.4) is 0 Å². The fraction of sp³-hybridized carbons (Fsp3) is 0.211. The molecule has 0 radical (unpaired) electrons. The molecule has 0 aromatic heterocycles. The average molecular weight is 385 g/mol. The number of hydrogen-bond acceptors (Lipinski definition) is 7. The zero-order valence-corrected chi connectivity index (χ0v) is 15.3. The summed E-state index contributed by atoms with van der Waals surface area (Å²) in [5.41, 5.74) is 1.24. The molecule has 140 valence electrons. The highest BCUT2D eigenvalue weighted by Crippen LogP contribution is 2.30. The van der Waals surface area contributed by atoms with Crippen LogP contribution in [0, 0.1) is 0 Å². The molecular weight excluding hydrogens is 368 g/mol. The summed E-state index contributed by atoms with van der Waals surface area (Å²) >= 11 is 0.887. The Hall–Kier alpha value is -3.00. The van der Waals surface area contributed by atoms with Crippen molar-refractivity contribution in [1.82, 2.24) is 4.90 Å². The summed E-state index contributed by atoms with van der Waals surface area (Å²) < 4.78 is 5.37.